The summed E-state index contributed by atoms with van der Waals surface area (Å²) in [6.07, 6.45) is 3.16. The SMILES string of the molecule is CN(CCCCCO)C(=O)Cc1cccc(Br)c1. The van der Waals surface area contributed by atoms with Crippen LogP contribution in [0.2, 0.25) is 0 Å². The molecule has 0 saturated carbocycles. The van der Waals surface area contributed by atoms with Crippen molar-refractivity contribution in [3.8, 4) is 0 Å². The molecule has 0 fully saturated rings. The molecule has 1 amide bonds. The number of carbonyl (C=O) groups is 1. The highest BCUT2D eigenvalue weighted by Gasteiger charge is 2.09. The minimum Gasteiger partial charge on any atom is -0.396 e. The first-order chi connectivity index (χ1) is 8.63. The molecule has 18 heavy (non-hydrogen) atoms. The van der Waals surface area contributed by atoms with E-state index in [0.29, 0.717) is 6.42 Å². The Morgan fingerprint density at radius 1 is 1.33 bits per heavy atom. The van der Waals surface area contributed by atoms with Gasteiger partial charge in [-0.1, -0.05) is 28.1 Å². The molecule has 1 aromatic rings. The Kier molecular flexibility index (Phi) is 6.98. The van der Waals surface area contributed by atoms with Crippen LogP contribution in [-0.2, 0) is 11.2 Å². The first kappa shape index (κ1) is 15.2. The van der Waals surface area contributed by atoms with Gasteiger partial charge in [-0.05, 0) is 37.0 Å². The number of nitrogens with zero attached hydrogens (tertiary/aromatic N) is 1. The molecule has 0 aliphatic heterocycles. The highest BCUT2D eigenvalue weighted by atomic mass is 79.9. The molecule has 0 aromatic heterocycles. The lowest BCUT2D eigenvalue weighted by Gasteiger charge is -2.17. The van der Waals surface area contributed by atoms with Crippen LogP contribution in [0.1, 0.15) is 24.8 Å². The molecule has 1 aromatic carbocycles. The van der Waals surface area contributed by atoms with E-state index in [4.69, 9.17) is 5.11 Å². The van der Waals surface area contributed by atoms with Gasteiger partial charge in [0, 0.05) is 24.7 Å². The fourth-order valence-electron chi connectivity index (χ4n) is 1.72. The summed E-state index contributed by atoms with van der Waals surface area (Å²) in [6.45, 7) is 0.989. The topological polar surface area (TPSA) is 40.5 Å². The minimum absolute atomic E-state index is 0.136. The highest BCUT2D eigenvalue weighted by molar-refractivity contribution is 9.10. The van der Waals surface area contributed by atoms with Crippen LogP contribution in [0.4, 0.5) is 0 Å². The zero-order valence-electron chi connectivity index (χ0n) is 10.7. The van der Waals surface area contributed by atoms with Gasteiger partial charge in [-0.15, -0.1) is 0 Å². The van der Waals surface area contributed by atoms with Crippen molar-refractivity contribution in [2.75, 3.05) is 20.2 Å². The predicted octanol–water partition coefficient (Wildman–Crippen LogP) is 2.61. The molecule has 0 atom stereocenters. The van der Waals surface area contributed by atoms with Crippen molar-refractivity contribution in [1.82, 2.24) is 4.90 Å². The van der Waals surface area contributed by atoms with Crippen LogP contribution in [0, 0.1) is 0 Å². The van der Waals surface area contributed by atoms with E-state index in [1.54, 1.807) is 4.90 Å². The quantitative estimate of drug-likeness (QED) is 0.786. The molecule has 0 spiro atoms. The molecular formula is C14H20BrNO2. The van der Waals surface area contributed by atoms with Crippen LogP contribution in [-0.4, -0.2) is 36.1 Å². The van der Waals surface area contributed by atoms with Crippen molar-refractivity contribution < 1.29 is 9.90 Å². The number of hydrogen-bond donors (Lipinski definition) is 1. The normalized spacial score (nSPS) is 10.4. The third kappa shape index (κ3) is 5.65. The van der Waals surface area contributed by atoms with Gasteiger partial charge in [-0.25, -0.2) is 0 Å². The largest absolute Gasteiger partial charge is 0.396 e. The van der Waals surface area contributed by atoms with Crippen LogP contribution >= 0.6 is 15.9 Å². The Bertz CT molecular complexity index is 382. The Balaban J connectivity index is 2.35. The van der Waals surface area contributed by atoms with Gasteiger partial charge in [0.2, 0.25) is 5.91 Å². The molecule has 4 heteroatoms. The highest BCUT2D eigenvalue weighted by Crippen LogP contribution is 2.12. The van der Waals surface area contributed by atoms with Crippen molar-refractivity contribution in [3.63, 3.8) is 0 Å². The third-order valence-corrected chi connectivity index (χ3v) is 3.32. The lowest BCUT2D eigenvalue weighted by molar-refractivity contribution is -0.129. The summed E-state index contributed by atoms with van der Waals surface area (Å²) in [5, 5.41) is 8.68. The third-order valence-electron chi connectivity index (χ3n) is 2.82. The van der Waals surface area contributed by atoms with Crippen LogP contribution in [0.3, 0.4) is 0 Å². The van der Waals surface area contributed by atoms with E-state index >= 15 is 0 Å². The van der Waals surface area contributed by atoms with Gasteiger partial charge >= 0.3 is 0 Å². The molecule has 0 aliphatic rings. The molecular weight excluding hydrogens is 294 g/mol. The molecule has 0 unspecified atom stereocenters. The average molecular weight is 314 g/mol. The summed E-state index contributed by atoms with van der Waals surface area (Å²) in [5.41, 5.74) is 1.02. The molecule has 3 nitrogen and oxygen atoms in total. The number of rotatable bonds is 7. The van der Waals surface area contributed by atoms with Crippen LogP contribution < -0.4 is 0 Å². The van der Waals surface area contributed by atoms with Crippen LogP contribution in [0.25, 0.3) is 0 Å². The lowest BCUT2D eigenvalue weighted by atomic mass is 10.1. The first-order valence-electron chi connectivity index (χ1n) is 6.22. The van der Waals surface area contributed by atoms with E-state index in [1.165, 1.54) is 0 Å². The number of likely N-dealkylation sites (N-methyl/N-ethyl adjacent to an activating group) is 1. The fraction of sp³-hybridized carbons (Fsp3) is 0.500. The number of carbonyl (C=O) groups excluding carboxylic acids is 1. The molecule has 0 heterocycles. The van der Waals surface area contributed by atoms with E-state index in [2.05, 4.69) is 15.9 Å². The van der Waals surface area contributed by atoms with Crippen molar-refractivity contribution >= 4 is 21.8 Å². The van der Waals surface area contributed by atoms with Crippen molar-refractivity contribution in [2.24, 2.45) is 0 Å². The van der Waals surface area contributed by atoms with Crippen LogP contribution in [0.5, 0.6) is 0 Å². The number of amides is 1. The van der Waals surface area contributed by atoms with Gasteiger partial charge in [0.15, 0.2) is 0 Å². The molecule has 0 saturated heterocycles. The number of unbranched alkanes of at least 4 members (excludes halogenated alkanes) is 2. The minimum atomic E-state index is 0.136. The summed E-state index contributed by atoms with van der Waals surface area (Å²) in [7, 11) is 1.83. The smallest absolute Gasteiger partial charge is 0.226 e. The Morgan fingerprint density at radius 2 is 2.11 bits per heavy atom. The Morgan fingerprint density at radius 3 is 2.78 bits per heavy atom. The zero-order valence-corrected chi connectivity index (χ0v) is 12.3. The maximum atomic E-state index is 11.9. The zero-order chi connectivity index (χ0) is 13.4. The molecule has 1 N–H and O–H groups in total. The van der Waals surface area contributed by atoms with Gasteiger partial charge in [-0.3, -0.25) is 4.79 Å². The average Bonchev–Trinajstić information content (AvgIpc) is 2.34. The van der Waals surface area contributed by atoms with Crippen molar-refractivity contribution in [1.29, 1.82) is 0 Å². The van der Waals surface area contributed by atoms with Gasteiger partial charge < -0.3 is 10.0 Å². The second-order valence-corrected chi connectivity index (χ2v) is 5.32. The standard InChI is InChI=1S/C14H20BrNO2/c1-16(8-3-2-4-9-17)14(18)11-12-6-5-7-13(15)10-12/h5-7,10,17H,2-4,8-9,11H2,1H3. The molecule has 1 rings (SSSR count). The van der Waals surface area contributed by atoms with Gasteiger partial charge in [0.25, 0.3) is 0 Å². The van der Waals surface area contributed by atoms with Crippen molar-refractivity contribution in [3.05, 3.63) is 34.3 Å². The van der Waals surface area contributed by atoms with E-state index in [9.17, 15) is 4.79 Å². The molecule has 100 valence electrons. The maximum Gasteiger partial charge on any atom is 0.226 e. The van der Waals surface area contributed by atoms with Gasteiger partial charge in [0.1, 0.15) is 0 Å². The summed E-state index contributed by atoms with van der Waals surface area (Å²) in [5.74, 6) is 0.136. The predicted molar refractivity (Wildman–Crippen MR) is 76.4 cm³/mol. The Hall–Kier alpha value is -0.870. The van der Waals surface area contributed by atoms with Crippen molar-refractivity contribution in [2.45, 2.75) is 25.7 Å². The van der Waals surface area contributed by atoms with Gasteiger partial charge in [-0.2, -0.15) is 0 Å². The summed E-state index contributed by atoms with van der Waals surface area (Å²) in [4.78, 5) is 13.7. The summed E-state index contributed by atoms with van der Waals surface area (Å²) >= 11 is 3.40. The number of halogens is 1. The summed E-state index contributed by atoms with van der Waals surface area (Å²) in [6, 6.07) is 7.82. The molecule has 0 radical (unpaired) electrons. The monoisotopic (exact) mass is 313 g/mol. The number of aliphatic hydroxyl groups excluding tert-OH is 1. The van der Waals surface area contributed by atoms with E-state index in [1.807, 2.05) is 31.3 Å². The number of hydrogen-bond acceptors (Lipinski definition) is 2. The second-order valence-electron chi connectivity index (χ2n) is 4.41. The Labute approximate surface area is 117 Å². The van der Waals surface area contributed by atoms with Crippen LogP contribution in [0.15, 0.2) is 28.7 Å². The lowest BCUT2D eigenvalue weighted by Crippen LogP contribution is -2.29. The van der Waals surface area contributed by atoms with E-state index < -0.39 is 0 Å². The number of benzene rings is 1. The molecule has 0 bridgehead atoms. The first-order valence-corrected chi connectivity index (χ1v) is 7.02. The molecule has 0 aliphatic carbocycles. The number of aliphatic hydroxyl groups is 1. The van der Waals surface area contributed by atoms with E-state index in [0.717, 1.165) is 35.8 Å². The van der Waals surface area contributed by atoms with Gasteiger partial charge in [0.05, 0.1) is 6.42 Å². The summed E-state index contributed by atoms with van der Waals surface area (Å²) < 4.78 is 0.999. The fourth-order valence-corrected chi connectivity index (χ4v) is 2.17. The van der Waals surface area contributed by atoms with E-state index in [-0.39, 0.29) is 12.5 Å². The maximum absolute atomic E-state index is 11.9. The second kappa shape index (κ2) is 8.27.